The van der Waals surface area contributed by atoms with Gasteiger partial charge in [-0.2, -0.15) is 5.10 Å². The van der Waals surface area contributed by atoms with Crippen LogP contribution < -0.4 is 5.73 Å². The second-order valence-corrected chi connectivity index (χ2v) is 5.57. The van der Waals surface area contributed by atoms with Crippen molar-refractivity contribution >= 4 is 28.5 Å². The number of hydrogen-bond acceptors (Lipinski definition) is 4. The number of nitrogens with zero attached hydrogens (tertiary/aromatic N) is 3. The van der Waals surface area contributed by atoms with E-state index in [1.54, 1.807) is 0 Å². The third kappa shape index (κ3) is 2.31. The van der Waals surface area contributed by atoms with E-state index in [4.69, 9.17) is 17.3 Å². The van der Waals surface area contributed by atoms with Crippen molar-refractivity contribution in [3.8, 4) is 22.4 Å². The Kier molecular flexibility index (Phi) is 3.20. The van der Waals surface area contributed by atoms with Crippen LogP contribution in [0.3, 0.4) is 0 Å². The first kappa shape index (κ1) is 13.7. The zero-order valence-electron chi connectivity index (χ0n) is 12.0. The van der Waals surface area contributed by atoms with Crippen LogP contribution in [0, 0.1) is 0 Å². The summed E-state index contributed by atoms with van der Waals surface area (Å²) in [6, 6.07) is 17.4. The summed E-state index contributed by atoms with van der Waals surface area (Å²) in [4.78, 5) is 0. The second-order valence-electron chi connectivity index (χ2n) is 5.13. The largest absolute Gasteiger partial charge is 0.383 e. The minimum atomic E-state index is 0.469. The molecule has 0 aliphatic rings. The first-order valence-electron chi connectivity index (χ1n) is 7.05. The highest BCUT2D eigenvalue weighted by Crippen LogP contribution is 2.37. The van der Waals surface area contributed by atoms with Crippen molar-refractivity contribution in [1.82, 2.24) is 20.4 Å². The molecule has 4 aromatic rings. The molecule has 6 heteroatoms. The molecule has 0 saturated heterocycles. The molecule has 3 N–H and O–H groups in total. The number of aromatic nitrogens is 4. The molecule has 5 nitrogen and oxygen atoms in total. The number of benzene rings is 2. The molecule has 4 rings (SSSR count). The van der Waals surface area contributed by atoms with Crippen molar-refractivity contribution in [3.63, 3.8) is 0 Å². The highest BCUT2D eigenvalue weighted by Gasteiger charge is 2.18. The van der Waals surface area contributed by atoms with Crippen LogP contribution in [0.4, 0.5) is 5.82 Å². The Morgan fingerprint density at radius 1 is 0.870 bits per heavy atom. The third-order valence-corrected chi connectivity index (χ3v) is 3.94. The monoisotopic (exact) mass is 321 g/mol. The van der Waals surface area contributed by atoms with Crippen LogP contribution in [0.15, 0.2) is 54.6 Å². The molecule has 112 valence electrons. The van der Waals surface area contributed by atoms with E-state index in [9.17, 15) is 0 Å². The fraction of sp³-hybridized carbons (Fsp3) is 0. The fourth-order valence-corrected chi connectivity index (χ4v) is 2.75. The predicted molar refractivity (Wildman–Crippen MR) is 92.0 cm³/mol. The van der Waals surface area contributed by atoms with E-state index in [0.29, 0.717) is 16.5 Å². The van der Waals surface area contributed by atoms with E-state index in [-0.39, 0.29) is 0 Å². The quantitative estimate of drug-likeness (QED) is 0.586. The molecule has 2 aromatic heterocycles. The van der Waals surface area contributed by atoms with Crippen LogP contribution in [0.25, 0.3) is 33.4 Å². The molecule has 0 unspecified atom stereocenters. The molecule has 0 aliphatic carbocycles. The molecule has 2 aromatic carbocycles. The number of nitrogen functional groups attached to an aromatic ring is 1. The highest BCUT2D eigenvalue weighted by atomic mass is 35.5. The van der Waals surface area contributed by atoms with Gasteiger partial charge in [0.15, 0.2) is 0 Å². The molecule has 0 fully saturated rings. The van der Waals surface area contributed by atoms with Crippen molar-refractivity contribution in [1.29, 1.82) is 0 Å². The van der Waals surface area contributed by atoms with Crippen molar-refractivity contribution in [2.75, 3.05) is 5.73 Å². The Morgan fingerprint density at radius 3 is 2.35 bits per heavy atom. The van der Waals surface area contributed by atoms with Gasteiger partial charge in [0, 0.05) is 16.1 Å². The van der Waals surface area contributed by atoms with Gasteiger partial charge in [0.1, 0.15) is 11.5 Å². The summed E-state index contributed by atoms with van der Waals surface area (Å²) >= 11 is 6.01. The molecule has 0 radical (unpaired) electrons. The minimum absolute atomic E-state index is 0.469. The standard InChI is InChI=1S/C17H12ClN5/c18-12-8-6-10(7-9-12)13-14-16(19)21-23-17(14)22-20-15(13)11-4-2-1-3-5-11/h1-9H,(H3,19,21,22,23). The number of hydrogen-bond donors (Lipinski definition) is 2. The summed E-state index contributed by atoms with van der Waals surface area (Å²) in [6.45, 7) is 0. The molecule has 0 spiro atoms. The van der Waals surface area contributed by atoms with E-state index < -0.39 is 0 Å². The van der Waals surface area contributed by atoms with Crippen molar-refractivity contribution in [2.45, 2.75) is 0 Å². The number of halogens is 1. The normalized spacial score (nSPS) is 11.0. The molecule has 0 aliphatic heterocycles. The molecule has 0 atom stereocenters. The maximum atomic E-state index is 6.08. The molecule has 2 heterocycles. The van der Waals surface area contributed by atoms with Gasteiger partial charge < -0.3 is 5.73 Å². The lowest BCUT2D eigenvalue weighted by Crippen LogP contribution is -1.95. The number of rotatable bonds is 2. The van der Waals surface area contributed by atoms with Gasteiger partial charge in [-0.25, -0.2) is 0 Å². The Morgan fingerprint density at radius 2 is 1.61 bits per heavy atom. The van der Waals surface area contributed by atoms with Crippen LogP contribution >= 0.6 is 11.6 Å². The highest BCUT2D eigenvalue weighted by molar-refractivity contribution is 6.30. The molecular formula is C17H12ClN5. The predicted octanol–water partition coefficient (Wildman–Crippen LogP) is 3.92. The summed E-state index contributed by atoms with van der Waals surface area (Å²) in [5, 5.41) is 16.9. The van der Waals surface area contributed by atoms with Crippen LogP contribution in [0.1, 0.15) is 0 Å². The van der Waals surface area contributed by atoms with E-state index >= 15 is 0 Å². The first-order valence-corrected chi connectivity index (χ1v) is 7.43. The molecule has 23 heavy (non-hydrogen) atoms. The molecule has 0 amide bonds. The first-order chi connectivity index (χ1) is 11.2. The van der Waals surface area contributed by atoms with E-state index in [1.165, 1.54) is 0 Å². The molecular weight excluding hydrogens is 310 g/mol. The second kappa shape index (κ2) is 5.37. The average Bonchev–Trinajstić information content (AvgIpc) is 2.97. The van der Waals surface area contributed by atoms with Crippen LogP contribution in [0.5, 0.6) is 0 Å². The van der Waals surface area contributed by atoms with Gasteiger partial charge in [0.25, 0.3) is 0 Å². The maximum Gasteiger partial charge on any atom is 0.205 e. The lowest BCUT2D eigenvalue weighted by Gasteiger charge is -2.10. The Bertz CT molecular complexity index is 977. The van der Waals surface area contributed by atoms with Gasteiger partial charge in [0.05, 0.1) is 5.39 Å². The SMILES string of the molecule is Nc1[nH]nc2nnc(-c3ccccc3)c(-c3ccc(Cl)cc3)c12. The van der Waals surface area contributed by atoms with Gasteiger partial charge in [-0.1, -0.05) is 54.1 Å². The van der Waals surface area contributed by atoms with E-state index in [1.807, 2.05) is 54.6 Å². The van der Waals surface area contributed by atoms with Gasteiger partial charge in [-0.3, -0.25) is 5.10 Å². The van der Waals surface area contributed by atoms with Gasteiger partial charge in [-0.05, 0) is 17.7 Å². The van der Waals surface area contributed by atoms with Gasteiger partial charge in [0.2, 0.25) is 5.65 Å². The topological polar surface area (TPSA) is 80.5 Å². The van der Waals surface area contributed by atoms with Crippen LogP contribution in [-0.2, 0) is 0 Å². The summed E-state index contributed by atoms with van der Waals surface area (Å²) in [5.74, 6) is 0.469. The lowest BCUT2D eigenvalue weighted by molar-refractivity contribution is 1.03. The smallest absolute Gasteiger partial charge is 0.205 e. The van der Waals surface area contributed by atoms with Crippen molar-refractivity contribution < 1.29 is 0 Å². The Hall–Kier alpha value is -2.92. The maximum absolute atomic E-state index is 6.08. The number of nitrogens with two attached hydrogens (primary N) is 1. The number of nitrogens with one attached hydrogen (secondary N) is 1. The lowest BCUT2D eigenvalue weighted by atomic mass is 9.97. The van der Waals surface area contributed by atoms with E-state index in [2.05, 4.69) is 20.4 Å². The number of anilines is 1. The van der Waals surface area contributed by atoms with Crippen LogP contribution in [0.2, 0.25) is 5.02 Å². The summed E-state index contributed by atoms with van der Waals surface area (Å²) in [7, 11) is 0. The van der Waals surface area contributed by atoms with E-state index in [0.717, 1.165) is 27.8 Å². The van der Waals surface area contributed by atoms with Crippen molar-refractivity contribution in [2.24, 2.45) is 0 Å². The number of fused-ring (bicyclic) bond motifs is 1. The van der Waals surface area contributed by atoms with Crippen molar-refractivity contribution in [3.05, 3.63) is 59.6 Å². The molecule has 0 saturated carbocycles. The zero-order chi connectivity index (χ0) is 15.8. The Balaban J connectivity index is 2.09. The molecule has 0 bridgehead atoms. The summed E-state index contributed by atoms with van der Waals surface area (Å²) < 4.78 is 0. The van der Waals surface area contributed by atoms with Crippen LogP contribution in [-0.4, -0.2) is 20.4 Å². The minimum Gasteiger partial charge on any atom is -0.383 e. The third-order valence-electron chi connectivity index (χ3n) is 3.69. The average molecular weight is 322 g/mol. The van der Waals surface area contributed by atoms with Gasteiger partial charge in [-0.15, -0.1) is 10.2 Å². The summed E-state index contributed by atoms with van der Waals surface area (Å²) in [5.41, 5.74) is 10.1. The zero-order valence-corrected chi connectivity index (χ0v) is 12.7. The summed E-state index contributed by atoms with van der Waals surface area (Å²) in [6.07, 6.45) is 0. The number of aromatic amines is 1. The fourth-order valence-electron chi connectivity index (χ4n) is 2.63. The number of H-pyrrole nitrogens is 1. The Labute approximate surface area is 137 Å². The van der Waals surface area contributed by atoms with Gasteiger partial charge >= 0.3 is 0 Å².